The Morgan fingerprint density at radius 1 is 1.35 bits per heavy atom. The van der Waals surface area contributed by atoms with Crippen molar-refractivity contribution in [3.8, 4) is 5.75 Å². The van der Waals surface area contributed by atoms with E-state index in [4.69, 9.17) is 9.26 Å². The Morgan fingerprint density at radius 3 is 2.65 bits per heavy atom. The van der Waals surface area contributed by atoms with Crippen LogP contribution in [0.25, 0.3) is 0 Å². The first-order chi connectivity index (χ1) is 11.1. The van der Waals surface area contributed by atoms with Crippen molar-refractivity contribution in [2.24, 2.45) is 4.99 Å². The third-order valence-electron chi connectivity index (χ3n) is 3.34. The molecule has 0 unspecified atom stereocenters. The van der Waals surface area contributed by atoms with Crippen molar-refractivity contribution in [2.75, 3.05) is 27.7 Å². The van der Waals surface area contributed by atoms with Gasteiger partial charge in [0.1, 0.15) is 5.75 Å². The van der Waals surface area contributed by atoms with Crippen LogP contribution in [-0.2, 0) is 13.0 Å². The van der Waals surface area contributed by atoms with Crippen LogP contribution >= 0.6 is 0 Å². The number of guanidine groups is 1. The number of aromatic nitrogens is 2. The number of nitrogens with one attached hydrogen (secondary N) is 1. The SMILES string of the molecule is CN=C(NCCc1nc(C)no1)N(C)Cc1ccc(OC)cc1. The van der Waals surface area contributed by atoms with Crippen LogP contribution in [0.4, 0.5) is 0 Å². The van der Waals surface area contributed by atoms with Gasteiger partial charge < -0.3 is 19.5 Å². The van der Waals surface area contributed by atoms with E-state index < -0.39 is 0 Å². The normalized spacial score (nSPS) is 11.4. The molecule has 23 heavy (non-hydrogen) atoms. The zero-order valence-corrected chi connectivity index (χ0v) is 14.0. The predicted molar refractivity (Wildman–Crippen MR) is 88.6 cm³/mol. The van der Waals surface area contributed by atoms with E-state index in [1.54, 1.807) is 14.2 Å². The van der Waals surface area contributed by atoms with Crippen LogP contribution < -0.4 is 10.1 Å². The largest absolute Gasteiger partial charge is 0.497 e. The zero-order chi connectivity index (χ0) is 16.7. The monoisotopic (exact) mass is 317 g/mol. The van der Waals surface area contributed by atoms with Crippen LogP contribution in [0, 0.1) is 6.92 Å². The lowest BCUT2D eigenvalue weighted by Crippen LogP contribution is -2.39. The maximum Gasteiger partial charge on any atom is 0.228 e. The van der Waals surface area contributed by atoms with Crippen molar-refractivity contribution in [1.82, 2.24) is 20.4 Å². The van der Waals surface area contributed by atoms with Crippen LogP contribution in [0.2, 0.25) is 0 Å². The molecule has 7 heteroatoms. The van der Waals surface area contributed by atoms with E-state index in [-0.39, 0.29) is 0 Å². The van der Waals surface area contributed by atoms with Crippen LogP contribution in [0.3, 0.4) is 0 Å². The van der Waals surface area contributed by atoms with Crippen LogP contribution in [0.1, 0.15) is 17.3 Å². The number of aliphatic imine (C=N–C) groups is 1. The van der Waals surface area contributed by atoms with Gasteiger partial charge in [0.05, 0.1) is 7.11 Å². The van der Waals surface area contributed by atoms with Crippen molar-refractivity contribution in [3.63, 3.8) is 0 Å². The number of rotatable bonds is 6. The lowest BCUT2D eigenvalue weighted by atomic mass is 10.2. The van der Waals surface area contributed by atoms with Crippen molar-refractivity contribution in [3.05, 3.63) is 41.5 Å². The van der Waals surface area contributed by atoms with E-state index in [1.165, 1.54) is 5.56 Å². The summed E-state index contributed by atoms with van der Waals surface area (Å²) < 4.78 is 10.3. The molecule has 1 aromatic heterocycles. The summed E-state index contributed by atoms with van der Waals surface area (Å²) in [5, 5.41) is 7.07. The molecule has 2 rings (SSSR count). The van der Waals surface area contributed by atoms with Crippen molar-refractivity contribution >= 4 is 5.96 Å². The highest BCUT2D eigenvalue weighted by atomic mass is 16.5. The number of benzene rings is 1. The Hall–Kier alpha value is -2.57. The molecule has 0 bridgehead atoms. The van der Waals surface area contributed by atoms with Gasteiger partial charge >= 0.3 is 0 Å². The summed E-state index contributed by atoms with van der Waals surface area (Å²) in [7, 11) is 5.43. The minimum absolute atomic E-state index is 0.628. The Morgan fingerprint density at radius 2 is 2.09 bits per heavy atom. The smallest absolute Gasteiger partial charge is 0.228 e. The maximum absolute atomic E-state index is 5.17. The molecule has 0 saturated heterocycles. The molecule has 1 N–H and O–H groups in total. The lowest BCUT2D eigenvalue weighted by Gasteiger charge is -2.22. The molecule has 0 aliphatic heterocycles. The Balaban J connectivity index is 1.84. The van der Waals surface area contributed by atoms with Crippen LogP contribution in [0.15, 0.2) is 33.8 Å². The van der Waals surface area contributed by atoms with Gasteiger partial charge in [-0.15, -0.1) is 0 Å². The number of nitrogens with zero attached hydrogens (tertiary/aromatic N) is 4. The molecule has 0 amide bonds. The average molecular weight is 317 g/mol. The van der Waals surface area contributed by atoms with Crippen molar-refractivity contribution in [2.45, 2.75) is 19.9 Å². The second-order valence-electron chi connectivity index (χ2n) is 5.16. The minimum Gasteiger partial charge on any atom is -0.497 e. The molecule has 124 valence electrons. The number of aryl methyl sites for hydroxylation is 1. The average Bonchev–Trinajstić information content (AvgIpc) is 2.97. The second kappa shape index (κ2) is 8.17. The molecule has 1 heterocycles. The Kier molecular flexibility index (Phi) is 5.96. The fraction of sp³-hybridized carbons (Fsp3) is 0.438. The summed E-state index contributed by atoms with van der Waals surface area (Å²) in [5.74, 6) is 2.95. The standard InChI is InChI=1S/C16H23N5O2/c1-12-19-15(23-20-12)9-10-18-16(17-2)21(3)11-13-5-7-14(22-4)8-6-13/h5-8H,9-11H2,1-4H3,(H,17,18). The molecule has 2 aromatic rings. The van der Waals surface area contributed by atoms with Gasteiger partial charge in [0.2, 0.25) is 5.89 Å². The number of hydrogen-bond acceptors (Lipinski definition) is 5. The summed E-state index contributed by atoms with van der Waals surface area (Å²) >= 11 is 0. The molecule has 0 atom stereocenters. The fourth-order valence-corrected chi connectivity index (χ4v) is 2.19. The molecular weight excluding hydrogens is 294 g/mol. The molecule has 0 aliphatic rings. The molecule has 0 aliphatic carbocycles. The van der Waals surface area contributed by atoms with E-state index in [1.807, 2.05) is 38.2 Å². The first-order valence-corrected chi connectivity index (χ1v) is 7.46. The van der Waals surface area contributed by atoms with Gasteiger partial charge in [-0.25, -0.2) is 0 Å². The molecule has 0 spiro atoms. The topological polar surface area (TPSA) is 75.8 Å². The van der Waals surface area contributed by atoms with E-state index in [0.29, 0.717) is 24.7 Å². The Bertz CT molecular complexity index is 636. The molecule has 1 aromatic carbocycles. The number of hydrogen-bond donors (Lipinski definition) is 1. The highest BCUT2D eigenvalue weighted by Crippen LogP contribution is 2.12. The Labute approximate surface area is 136 Å². The third kappa shape index (κ3) is 4.98. The van der Waals surface area contributed by atoms with Gasteiger partial charge in [-0.1, -0.05) is 17.3 Å². The van der Waals surface area contributed by atoms with E-state index in [0.717, 1.165) is 18.3 Å². The summed E-state index contributed by atoms with van der Waals surface area (Å²) in [6.45, 7) is 3.24. The van der Waals surface area contributed by atoms with Crippen molar-refractivity contribution < 1.29 is 9.26 Å². The quantitative estimate of drug-likeness (QED) is 0.645. The fourth-order valence-electron chi connectivity index (χ4n) is 2.19. The summed E-state index contributed by atoms with van der Waals surface area (Å²) in [4.78, 5) is 10.5. The van der Waals surface area contributed by atoms with Gasteiger partial charge in [-0.2, -0.15) is 4.98 Å². The molecule has 0 saturated carbocycles. The van der Waals surface area contributed by atoms with Crippen molar-refractivity contribution in [1.29, 1.82) is 0 Å². The molecule has 7 nitrogen and oxygen atoms in total. The van der Waals surface area contributed by atoms with Crippen LogP contribution in [-0.4, -0.2) is 48.8 Å². The maximum atomic E-state index is 5.17. The molecular formula is C16H23N5O2. The van der Waals surface area contributed by atoms with Gasteiger partial charge in [0, 0.05) is 33.6 Å². The first kappa shape index (κ1) is 16.8. The van der Waals surface area contributed by atoms with E-state index in [9.17, 15) is 0 Å². The van der Waals surface area contributed by atoms with Gasteiger partial charge in [-0.3, -0.25) is 4.99 Å². The molecule has 0 fully saturated rings. The summed E-state index contributed by atoms with van der Waals surface area (Å²) in [6.07, 6.45) is 0.663. The van der Waals surface area contributed by atoms with E-state index >= 15 is 0 Å². The third-order valence-corrected chi connectivity index (χ3v) is 3.34. The summed E-state index contributed by atoms with van der Waals surface area (Å²) in [6, 6.07) is 8.00. The van der Waals surface area contributed by atoms with Gasteiger partial charge in [-0.05, 0) is 24.6 Å². The van der Waals surface area contributed by atoms with Gasteiger partial charge in [0.15, 0.2) is 11.8 Å². The zero-order valence-electron chi connectivity index (χ0n) is 14.0. The van der Waals surface area contributed by atoms with Crippen LogP contribution in [0.5, 0.6) is 5.75 Å². The van der Waals surface area contributed by atoms with Gasteiger partial charge in [0.25, 0.3) is 0 Å². The second-order valence-corrected chi connectivity index (χ2v) is 5.16. The van der Waals surface area contributed by atoms with E-state index in [2.05, 4.69) is 25.3 Å². The predicted octanol–water partition coefficient (Wildman–Crippen LogP) is 1.64. The lowest BCUT2D eigenvalue weighted by molar-refractivity contribution is 0.373. The number of methoxy groups -OCH3 is 1. The molecule has 0 radical (unpaired) electrons. The highest BCUT2D eigenvalue weighted by molar-refractivity contribution is 5.79. The number of ether oxygens (including phenoxy) is 1. The summed E-state index contributed by atoms with van der Waals surface area (Å²) in [5.41, 5.74) is 1.18. The first-order valence-electron chi connectivity index (χ1n) is 7.46. The minimum atomic E-state index is 0.628. The highest BCUT2D eigenvalue weighted by Gasteiger charge is 2.08.